The van der Waals surface area contributed by atoms with Gasteiger partial charge in [-0.05, 0) is 57.3 Å². The first-order valence-electron chi connectivity index (χ1n) is 10.8. The van der Waals surface area contributed by atoms with E-state index >= 15 is 0 Å². The van der Waals surface area contributed by atoms with E-state index < -0.39 is 0 Å². The zero-order valence-corrected chi connectivity index (χ0v) is 17.3. The summed E-state index contributed by atoms with van der Waals surface area (Å²) in [5.74, 6) is 2.89. The van der Waals surface area contributed by atoms with Crippen LogP contribution in [0.15, 0.2) is 33.5 Å². The van der Waals surface area contributed by atoms with Crippen molar-refractivity contribution in [1.82, 2.24) is 24.6 Å². The van der Waals surface area contributed by atoms with Crippen LogP contribution in [0.3, 0.4) is 0 Å². The van der Waals surface area contributed by atoms with Crippen LogP contribution in [0.2, 0.25) is 0 Å². The van der Waals surface area contributed by atoms with Crippen LogP contribution < -0.4 is 5.56 Å². The lowest BCUT2D eigenvalue weighted by Crippen LogP contribution is -2.36. The third-order valence-electron chi connectivity index (χ3n) is 6.32. The molecule has 2 aromatic heterocycles. The molecular formula is C22H27N5O3. The van der Waals surface area contributed by atoms with Gasteiger partial charge in [-0.25, -0.2) is 4.98 Å². The predicted octanol–water partition coefficient (Wildman–Crippen LogP) is 2.50. The molecule has 158 valence electrons. The predicted molar refractivity (Wildman–Crippen MR) is 111 cm³/mol. The lowest BCUT2D eigenvalue weighted by molar-refractivity contribution is 0.152. The molecule has 2 aliphatic rings. The number of likely N-dealkylation sites (tertiary alicyclic amines) is 1. The summed E-state index contributed by atoms with van der Waals surface area (Å²) in [6.45, 7) is 6.70. The Bertz CT molecular complexity index is 1080. The van der Waals surface area contributed by atoms with Crippen molar-refractivity contribution in [2.75, 3.05) is 26.3 Å². The third-order valence-corrected chi connectivity index (χ3v) is 6.32. The van der Waals surface area contributed by atoms with Gasteiger partial charge in [0, 0.05) is 13.2 Å². The minimum absolute atomic E-state index is 0.0646. The maximum atomic E-state index is 12.9. The minimum Gasteiger partial charge on any atom is -0.423 e. The number of aromatic nitrogens is 4. The number of aryl methyl sites for hydroxylation is 1. The summed E-state index contributed by atoms with van der Waals surface area (Å²) >= 11 is 0. The van der Waals surface area contributed by atoms with Crippen molar-refractivity contribution in [2.24, 2.45) is 5.92 Å². The highest BCUT2D eigenvalue weighted by atomic mass is 16.5. The fourth-order valence-electron chi connectivity index (χ4n) is 4.50. The lowest BCUT2D eigenvalue weighted by atomic mass is 9.96. The number of fused-ring (bicyclic) bond motifs is 1. The normalized spacial score (nSPS) is 20.9. The van der Waals surface area contributed by atoms with Crippen LogP contribution in [0.1, 0.15) is 42.8 Å². The quantitative estimate of drug-likeness (QED) is 0.640. The van der Waals surface area contributed by atoms with Crippen molar-refractivity contribution in [2.45, 2.75) is 45.2 Å². The Kier molecular flexibility index (Phi) is 5.35. The lowest BCUT2D eigenvalue weighted by Gasteiger charge is -2.31. The molecule has 5 rings (SSSR count). The van der Waals surface area contributed by atoms with Crippen molar-refractivity contribution in [3.8, 4) is 0 Å². The van der Waals surface area contributed by atoms with E-state index in [9.17, 15) is 4.79 Å². The number of rotatable bonds is 5. The average Bonchev–Trinajstić information content (AvgIpc) is 3.44. The molecule has 8 nitrogen and oxygen atoms in total. The molecule has 4 heterocycles. The fourth-order valence-corrected chi connectivity index (χ4v) is 4.50. The first-order chi connectivity index (χ1) is 14.7. The van der Waals surface area contributed by atoms with Crippen molar-refractivity contribution in [1.29, 1.82) is 0 Å². The number of ether oxygens (including phenoxy) is 1. The standard InChI is InChI=1S/C22H27N5O3/c1-15-23-19-5-3-2-4-18(19)22(28)27(15)12-16-6-9-26(10-7-16)13-20-24-25-21(30-20)17-8-11-29-14-17/h2-5,16-17H,6-14H2,1H3. The van der Waals surface area contributed by atoms with E-state index in [1.807, 2.05) is 35.8 Å². The van der Waals surface area contributed by atoms with E-state index in [1.54, 1.807) is 0 Å². The maximum absolute atomic E-state index is 12.9. The monoisotopic (exact) mass is 409 g/mol. The molecule has 2 fully saturated rings. The van der Waals surface area contributed by atoms with E-state index in [2.05, 4.69) is 20.1 Å². The van der Waals surface area contributed by atoms with Crippen LogP contribution in [0, 0.1) is 12.8 Å². The van der Waals surface area contributed by atoms with Gasteiger partial charge in [0.05, 0.1) is 30.0 Å². The Morgan fingerprint density at radius 3 is 2.77 bits per heavy atom. The molecule has 2 saturated heterocycles. The SMILES string of the molecule is Cc1nc2ccccc2c(=O)n1CC1CCN(Cc2nnc(C3CCOC3)o2)CC1. The summed E-state index contributed by atoms with van der Waals surface area (Å²) < 4.78 is 13.1. The van der Waals surface area contributed by atoms with E-state index in [0.29, 0.717) is 36.2 Å². The van der Waals surface area contributed by atoms with Gasteiger partial charge in [0.2, 0.25) is 11.8 Å². The van der Waals surface area contributed by atoms with Crippen LogP contribution in [-0.4, -0.2) is 51.0 Å². The molecule has 2 aliphatic heterocycles. The summed E-state index contributed by atoms with van der Waals surface area (Å²) in [5, 5.41) is 9.13. The van der Waals surface area contributed by atoms with Crippen LogP contribution in [0.4, 0.5) is 0 Å². The summed E-state index contributed by atoms with van der Waals surface area (Å²) in [4.78, 5) is 19.9. The van der Waals surface area contributed by atoms with Gasteiger partial charge in [-0.2, -0.15) is 0 Å². The van der Waals surface area contributed by atoms with E-state index in [4.69, 9.17) is 9.15 Å². The van der Waals surface area contributed by atoms with Crippen molar-refractivity contribution >= 4 is 10.9 Å². The smallest absolute Gasteiger partial charge is 0.261 e. The maximum Gasteiger partial charge on any atom is 0.261 e. The molecule has 0 amide bonds. The van der Waals surface area contributed by atoms with Gasteiger partial charge in [-0.15, -0.1) is 10.2 Å². The van der Waals surface area contributed by atoms with Crippen LogP contribution in [-0.2, 0) is 17.8 Å². The molecule has 3 aromatic rings. The van der Waals surface area contributed by atoms with E-state index in [0.717, 1.165) is 56.8 Å². The van der Waals surface area contributed by atoms with Crippen LogP contribution >= 0.6 is 0 Å². The zero-order chi connectivity index (χ0) is 20.5. The number of nitrogens with zero attached hydrogens (tertiary/aromatic N) is 5. The van der Waals surface area contributed by atoms with Gasteiger partial charge in [-0.3, -0.25) is 14.3 Å². The molecule has 8 heteroatoms. The number of benzene rings is 1. The van der Waals surface area contributed by atoms with Gasteiger partial charge in [-0.1, -0.05) is 12.1 Å². The Morgan fingerprint density at radius 2 is 1.97 bits per heavy atom. The van der Waals surface area contributed by atoms with Crippen molar-refractivity contribution < 1.29 is 9.15 Å². The number of hydrogen-bond donors (Lipinski definition) is 0. The summed E-state index contributed by atoms with van der Waals surface area (Å²) in [5.41, 5.74) is 0.837. The highest BCUT2D eigenvalue weighted by Crippen LogP contribution is 2.25. The highest BCUT2D eigenvalue weighted by molar-refractivity contribution is 5.77. The minimum atomic E-state index is 0.0646. The second kappa shape index (κ2) is 8.28. The molecule has 0 radical (unpaired) electrons. The molecule has 1 aromatic carbocycles. The molecule has 0 spiro atoms. The van der Waals surface area contributed by atoms with E-state index in [-0.39, 0.29) is 11.5 Å². The fraction of sp³-hybridized carbons (Fsp3) is 0.545. The summed E-state index contributed by atoms with van der Waals surface area (Å²) in [6, 6.07) is 7.57. The second-order valence-corrected chi connectivity index (χ2v) is 8.41. The molecule has 1 atom stereocenters. The van der Waals surface area contributed by atoms with Crippen molar-refractivity contribution in [3.05, 3.63) is 52.2 Å². The Hall–Kier alpha value is -2.58. The number of piperidine rings is 1. The van der Waals surface area contributed by atoms with Crippen molar-refractivity contribution in [3.63, 3.8) is 0 Å². The molecule has 30 heavy (non-hydrogen) atoms. The first-order valence-corrected chi connectivity index (χ1v) is 10.8. The van der Waals surface area contributed by atoms with Gasteiger partial charge >= 0.3 is 0 Å². The van der Waals surface area contributed by atoms with Gasteiger partial charge in [0.1, 0.15) is 5.82 Å². The molecule has 0 bridgehead atoms. The molecular weight excluding hydrogens is 382 g/mol. The van der Waals surface area contributed by atoms with Crippen LogP contribution in [0.5, 0.6) is 0 Å². The first kappa shape index (κ1) is 19.4. The summed E-state index contributed by atoms with van der Waals surface area (Å²) in [7, 11) is 0. The third kappa shape index (κ3) is 3.89. The molecule has 0 N–H and O–H groups in total. The highest BCUT2D eigenvalue weighted by Gasteiger charge is 2.25. The van der Waals surface area contributed by atoms with Gasteiger partial charge < -0.3 is 9.15 Å². The molecule has 0 aliphatic carbocycles. The summed E-state index contributed by atoms with van der Waals surface area (Å²) in [6.07, 6.45) is 3.03. The topological polar surface area (TPSA) is 86.3 Å². The van der Waals surface area contributed by atoms with Crippen LogP contribution in [0.25, 0.3) is 10.9 Å². The van der Waals surface area contributed by atoms with Gasteiger partial charge in [0.15, 0.2) is 0 Å². The second-order valence-electron chi connectivity index (χ2n) is 8.41. The largest absolute Gasteiger partial charge is 0.423 e. The van der Waals surface area contributed by atoms with E-state index in [1.165, 1.54) is 0 Å². The molecule has 0 saturated carbocycles. The number of hydrogen-bond acceptors (Lipinski definition) is 7. The number of para-hydroxylation sites is 1. The van der Waals surface area contributed by atoms with Gasteiger partial charge in [0.25, 0.3) is 5.56 Å². The average molecular weight is 409 g/mol. The molecule has 1 unspecified atom stereocenters. The zero-order valence-electron chi connectivity index (χ0n) is 17.3. The Morgan fingerprint density at radius 1 is 1.13 bits per heavy atom. The Labute approximate surface area is 174 Å². The Balaban J connectivity index is 1.20.